The zero-order valence-corrected chi connectivity index (χ0v) is 19.4. The van der Waals surface area contributed by atoms with Gasteiger partial charge in [0.1, 0.15) is 11.5 Å². The number of aromatic hydroxyl groups is 1. The fourth-order valence-corrected chi connectivity index (χ4v) is 4.57. The van der Waals surface area contributed by atoms with Crippen LogP contribution in [0.15, 0.2) is 84.0 Å². The van der Waals surface area contributed by atoms with E-state index in [9.17, 15) is 5.11 Å². The molecule has 34 heavy (non-hydrogen) atoms. The van der Waals surface area contributed by atoms with E-state index in [0.717, 1.165) is 39.0 Å². The monoisotopic (exact) mass is 454 g/mol. The molecule has 6 heteroatoms. The fraction of sp³-hybridized carbons (Fsp3) is 0.179. The molecule has 1 unspecified atom stereocenters. The zero-order valence-electron chi connectivity index (χ0n) is 19.4. The van der Waals surface area contributed by atoms with Gasteiger partial charge in [0.15, 0.2) is 11.5 Å². The Bertz CT molecular complexity index is 1380. The Kier molecular flexibility index (Phi) is 5.72. The Morgan fingerprint density at radius 1 is 0.853 bits per heavy atom. The van der Waals surface area contributed by atoms with Crippen molar-refractivity contribution in [1.82, 2.24) is 0 Å². The average Bonchev–Trinajstić information content (AvgIpc) is 3.33. The van der Waals surface area contributed by atoms with Crippen molar-refractivity contribution >= 4 is 22.2 Å². The lowest BCUT2D eigenvalue weighted by atomic mass is 9.95. The van der Waals surface area contributed by atoms with Crippen LogP contribution in [0.3, 0.4) is 0 Å². The molecular weight excluding hydrogens is 428 g/mol. The molecule has 0 spiro atoms. The van der Waals surface area contributed by atoms with Gasteiger partial charge in [-0.05, 0) is 29.7 Å². The van der Waals surface area contributed by atoms with E-state index < -0.39 is 0 Å². The van der Waals surface area contributed by atoms with Gasteiger partial charge in [-0.3, -0.25) is 5.01 Å². The first kappa shape index (κ1) is 21.6. The highest BCUT2D eigenvalue weighted by Gasteiger charge is 2.34. The highest BCUT2D eigenvalue weighted by Crippen LogP contribution is 2.45. The summed E-state index contributed by atoms with van der Waals surface area (Å²) >= 11 is 0. The first-order valence-corrected chi connectivity index (χ1v) is 11.1. The van der Waals surface area contributed by atoms with Gasteiger partial charge < -0.3 is 19.3 Å². The summed E-state index contributed by atoms with van der Waals surface area (Å²) in [6, 6.07) is 25.2. The zero-order chi connectivity index (χ0) is 23.7. The number of para-hydroxylation sites is 1. The van der Waals surface area contributed by atoms with Gasteiger partial charge in [-0.2, -0.15) is 5.10 Å². The lowest BCUT2D eigenvalue weighted by Gasteiger charge is -2.26. The van der Waals surface area contributed by atoms with Gasteiger partial charge in [0.05, 0.1) is 38.8 Å². The number of nitrogens with zero attached hydrogens (tertiary/aromatic N) is 2. The van der Waals surface area contributed by atoms with E-state index >= 15 is 0 Å². The largest absolute Gasteiger partial charge is 0.507 e. The molecule has 0 amide bonds. The second-order valence-electron chi connectivity index (χ2n) is 8.08. The molecule has 0 radical (unpaired) electrons. The van der Waals surface area contributed by atoms with Crippen molar-refractivity contribution < 1.29 is 19.3 Å². The maximum atomic E-state index is 11.1. The molecule has 4 aromatic rings. The normalized spacial score (nSPS) is 15.3. The topological polar surface area (TPSA) is 63.5 Å². The second kappa shape index (κ2) is 8.98. The van der Waals surface area contributed by atoms with Crippen molar-refractivity contribution in [2.24, 2.45) is 5.10 Å². The van der Waals surface area contributed by atoms with Gasteiger partial charge in [0.25, 0.3) is 0 Å². The number of anilines is 1. The maximum absolute atomic E-state index is 11.1. The quantitative estimate of drug-likeness (QED) is 0.391. The summed E-state index contributed by atoms with van der Waals surface area (Å²) in [7, 11) is 4.92. The van der Waals surface area contributed by atoms with Gasteiger partial charge in [-0.15, -0.1) is 0 Å². The van der Waals surface area contributed by atoms with Crippen LogP contribution in [0, 0.1) is 0 Å². The third-order valence-corrected chi connectivity index (χ3v) is 6.23. The Hall–Kier alpha value is -4.19. The molecule has 0 bridgehead atoms. The van der Waals surface area contributed by atoms with Crippen molar-refractivity contribution in [3.63, 3.8) is 0 Å². The summed E-state index contributed by atoms with van der Waals surface area (Å²) in [4.78, 5) is 0. The standard InChI is InChI=1S/C28H26N2O4/c1-32-20-10-6-9-19(16-20)30-25(23-12-7-13-26(33-2)28(23)34-3)17-24(29-30)22-15-14-18-8-4-5-11-21(18)27(22)31/h4-16,25,31H,17H2,1-3H3. The van der Waals surface area contributed by atoms with Crippen LogP contribution in [0.5, 0.6) is 23.0 Å². The Morgan fingerprint density at radius 3 is 2.47 bits per heavy atom. The van der Waals surface area contributed by atoms with E-state index in [1.54, 1.807) is 21.3 Å². The Labute approximate surface area is 198 Å². The molecule has 1 heterocycles. The highest BCUT2D eigenvalue weighted by atomic mass is 16.5. The molecular formula is C28H26N2O4. The van der Waals surface area contributed by atoms with E-state index in [4.69, 9.17) is 19.3 Å². The second-order valence-corrected chi connectivity index (χ2v) is 8.08. The van der Waals surface area contributed by atoms with Crippen LogP contribution in [0.4, 0.5) is 5.69 Å². The molecule has 5 rings (SSSR count). The SMILES string of the molecule is COc1cccc(N2N=C(c3ccc4ccccc4c3O)CC2c2cccc(OC)c2OC)c1. The van der Waals surface area contributed by atoms with Gasteiger partial charge in [0, 0.05) is 29.0 Å². The van der Waals surface area contributed by atoms with E-state index in [0.29, 0.717) is 17.9 Å². The number of hydrogen-bond donors (Lipinski definition) is 1. The summed E-state index contributed by atoms with van der Waals surface area (Å²) in [6.45, 7) is 0. The average molecular weight is 455 g/mol. The molecule has 0 aromatic heterocycles. The molecule has 0 saturated carbocycles. The molecule has 1 aliphatic heterocycles. The lowest BCUT2D eigenvalue weighted by molar-refractivity contribution is 0.349. The lowest BCUT2D eigenvalue weighted by Crippen LogP contribution is -2.19. The highest BCUT2D eigenvalue weighted by molar-refractivity contribution is 6.09. The Morgan fingerprint density at radius 2 is 1.68 bits per heavy atom. The van der Waals surface area contributed by atoms with Crippen molar-refractivity contribution in [3.05, 3.63) is 90.0 Å². The fourth-order valence-electron chi connectivity index (χ4n) is 4.57. The van der Waals surface area contributed by atoms with E-state index in [-0.39, 0.29) is 11.8 Å². The molecule has 0 aliphatic carbocycles. The predicted octanol–water partition coefficient (Wildman–Crippen LogP) is 5.93. The van der Waals surface area contributed by atoms with Crippen molar-refractivity contribution in [1.29, 1.82) is 0 Å². The van der Waals surface area contributed by atoms with E-state index in [1.165, 1.54) is 0 Å². The number of hydrazone groups is 1. The molecule has 1 N–H and O–H groups in total. The predicted molar refractivity (Wildman–Crippen MR) is 135 cm³/mol. The Balaban J connectivity index is 1.65. The van der Waals surface area contributed by atoms with Crippen LogP contribution >= 0.6 is 0 Å². The van der Waals surface area contributed by atoms with Crippen LogP contribution in [0.25, 0.3) is 10.8 Å². The van der Waals surface area contributed by atoms with Crippen molar-refractivity contribution in [2.45, 2.75) is 12.5 Å². The summed E-state index contributed by atoms with van der Waals surface area (Å²) in [5, 5.41) is 19.9. The van der Waals surface area contributed by atoms with Gasteiger partial charge >= 0.3 is 0 Å². The number of fused-ring (bicyclic) bond motifs is 1. The number of benzene rings is 4. The minimum absolute atomic E-state index is 0.168. The molecule has 1 aliphatic rings. The summed E-state index contributed by atoms with van der Waals surface area (Å²) in [5.74, 6) is 2.31. The third kappa shape index (κ3) is 3.67. The maximum Gasteiger partial charge on any atom is 0.166 e. The molecule has 172 valence electrons. The summed E-state index contributed by atoms with van der Waals surface area (Å²) in [6.07, 6.45) is 0.576. The summed E-state index contributed by atoms with van der Waals surface area (Å²) in [5.41, 5.74) is 3.34. The van der Waals surface area contributed by atoms with Crippen LogP contribution < -0.4 is 19.2 Å². The molecule has 6 nitrogen and oxygen atoms in total. The smallest absolute Gasteiger partial charge is 0.166 e. The number of phenolic OH excluding ortho intramolecular Hbond substituents is 1. The number of rotatable bonds is 6. The van der Waals surface area contributed by atoms with Crippen LogP contribution in [-0.4, -0.2) is 32.1 Å². The number of hydrogen-bond acceptors (Lipinski definition) is 6. The van der Waals surface area contributed by atoms with Crippen LogP contribution in [0.1, 0.15) is 23.6 Å². The minimum Gasteiger partial charge on any atom is -0.507 e. The molecule has 4 aromatic carbocycles. The van der Waals surface area contributed by atoms with Gasteiger partial charge in [0.2, 0.25) is 0 Å². The van der Waals surface area contributed by atoms with E-state index in [2.05, 4.69) is 0 Å². The van der Waals surface area contributed by atoms with Crippen LogP contribution in [-0.2, 0) is 0 Å². The van der Waals surface area contributed by atoms with Gasteiger partial charge in [-0.1, -0.05) is 48.5 Å². The molecule has 1 atom stereocenters. The number of phenols is 1. The third-order valence-electron chi connectivity index (χ3n) is 6.23. The first-order valence-electron chi connectivity index (χ1n) is 11.1. The van der Waals surface area contributed by atoms with Crippen molar-refractivity contribution in [2.75, 3.05) is 26.3 Å². The number of methoxy groups -OCH3 is 3. The summed E-state index contributed by atoms with van der Waals surface area (Å²) < 4.78 is 16.8. The molecule has 0 saturated heterocycles. The van der Waals surface area contributed by atoms with Gasteiger partial charge in [-0.25, -0.2) is 0 Å². The van der Waals surface area contributed by atoms with Crippen LogP contribution in [0.2, 0.25) is 0 Å². The van der Waals surface area contributed by atoms with E-state index in [1.807, 2.05) is 83.9 Å². The number of ether oxygens (including phenoxy) is 3. The first-order chi connectivity index (χ1) is 16.6. The minimum atomic E-state index is -0.168. The van der Waals surface area contributed by atoms with Crippen molar-refractivity contribution in [3.8, 4) is 23.0 Å². The molecule has 0 fully saturated rings.